The van der Waals surface area contributed by atoms with Crippen molar-refractivity contribution in [2.24, 2.45) is 11.8 Å². The number of hydrogen-bond acceptors (Lipinski definition) is 4. The van der Waals surface area contributed by atoms with Gasteiger partial charge in [0.2, 0.25) is 0 Å². The lowest BCUT2D eigenvalue weighted by Crippen LogP contribution is -2.35. The van der Waals surface area contributed by atoms with E-state index in [1.807, 2.05) is 0 Å². The summed E-state index contributed by atoms with van der Waals surface area (Å²) in [6, 6.07) is 0. The minimum absolute atomic E-state index is 0.307. The van der Waals surface area contributed by atoms with Gasteiger partial charge >= 0.3 is 0 Å². The lowest BCUT2D eigenvalue weighted by atomic mass is 9.87. The van der Waals surface area contributed by atoms with Gasteiger partial charge < -0.3 is 4.90 Å². The molecule has 0 amide bonds. The molecule has 0 aromatic carbocycles. The monoisotopic (exact) mass is 278 g/mol. The first-order valence-electron chi connectivity index (χ1n) is 7.43. The van der Waals surface area contributed by atoms with Crippen molar-refractivity contribution in [1.29, 1.82) is 0 Å². The van der Waals surface area contributed by atoms with Crippen LogP contribution in [-0.4, -0.2) is 23.9 Å². The molecule has 1 aromatic heterocycles. The number of nitrogens with zero attached hydrogens (tertiary/aromatic N) is 2. The van der Waals surface area contributed by atoms with Crippen molar-refractivity contribution in [2.75, 3.05) is 18.0 Å². The third kappa shape index (κ3) is 2.55. The van der Waals surface area contributed by atoms with E-state index in [1.54, 1.807) is 11.3 Å². The highest BCUT2D eigenvalue weighted by molar-refractivity contribution is 7.17. The summed E-state index contributed by atoms with van der Waals surface area (Å²) in [4.78, 5) is 19.9. The first-order chi connectivity index (χ1) is 9.15. The molecule has 1 aliphatic heterocycles. The van der Waals surface area contributed by atoms with E-state index in [9.17, 15) is 4.79 Å². The molecule has 3 nitrogen and oxygen atoms in total. The Bertz CT molecular complexity index is 472. The van der Waals surface area contributed by atoms with Crippen molar-refractivity contribution in [2.45, 2.75) is 46.0 Å². The van der Waals surface area contributed by atoms with Crippen LogP contribution in [0.15, 0.2) is 0 Å². The number of carbonyl (C=O) groups is 1. The smallest absolute Gasteiger partial charge is 0.186 e. The van der Waals surface area contributed by atoms with Crippen LogP contribution in [-0.2, 0) is 6.42 Å². The van der Waals surface area contributed by atoms with Gasteiger partial charge in [0.1, 0.15) is 0 Å². The van der Waals surface area contributed by atoms with Gasteiger partial charge in [-0.3, -0.25) is 4.79 Å². The Morgan fingerprint density at radius 3 is 2.63 bits per heavy atom. The number of carbonyl (C=O) groups excluding carboxylic acids is 1. The predicted octanol–water partition coefficient (Wildman–Crippen LogP) is 3.53. The summed E-state index contributed by atoms with van der Waals surface area (Å²) in [6.45, 7) is 6.84. The summed E-state index contributed by atoms with van der Waals surface area (Å²) < 4.78 is 0. The molecular formula is C15H22N2OS. The van der Waals surface area contributed by atoms with E-state index in [-0.39, 0.29) is 0 Å². The number of thiazole rings is 1. The number of aromatic nitrogens is 1. The van der Waals surface area contributed by atoms with Gasteiger partial charge in [0.25, 0.3) is 0 Å². The Hall–Kier alpha value is -0.900. The van der Waals surface area contributed by atoms with Crippen molar-refractivity contribution in [3.05, 3.63) is 10.6 Å². The maximum Gasteiger partial charge on any atom is 0.186 e. The van der Waals surface area contributed by atoms with Gasteiger partial charge in [-0.1, -0.05) is 25.2 Å². The topological polar surface area (TPSA) is 33.2 Å². The van der Waals surface area contributed by atoms with Crippen molar-refractivity contribution < 1.29 is 4.79 Å². The summed E-state index contributed by atoms with van der Waals surface area (Å²) in [5.74, 6) is 1.95. The van der Waals surface area contributed by atoms with Crippen LogP contribution in [0.2, 0.25) is 0 Å². The summed E-state index contributed by atoms with van der Waals surface area (Å²) in [5, 5.41) is 1.09. The normalized spacial score (nSPS) is 21.0. The zero-order chi connectivity index (χ0) is 13.4. The fourth-order valence-corrected chi connectivity index (χ4v) is 4.28. The summed E-state index contributed by atoms with van der Waals surface area (Å²) in [6.07, 6.45) is 5.19. The number of Topliss-reactive ketones (excluding diaryl/α,β-unsaturated/α-hetero) is 1. The van der Waals surface area contributed by atoms with Gasteiger partial charge in [-0.05, 0) is 37.5 Å². The summed E-state index contributed by atoms with van der Waals surface area (Å²) in [7, 11) is 0. The van der Waals surface area contributed by atoms with E-state index in [1.165, 1.54) is 12.8 Å². The molecule has 0 saturated carbocycles. The molecule has 0 unspecified atom stereocenters. The second-order valence-electron chi connectivity index (χ2n) is 6.12. The van der Waals surface area contributed by atoms with Crippen molar-refractivity contribution in [3.63, 3.8) is 0 Å². The number of anilines is 1. The SMILES string of the molecule is CC(C)C1CCN(c2nc3c(s2)C(=O)CCC3)CC1. The first-order valence-corrected chi connectivity index (χ1v) is 8.24. The van der Waals surface area contributed by atoms with Crippen molar-refractivity contribution in [1.82, 2.24) is 4.98 Å². The number of piperidine rings is 1. The second-order valence-corrected chi connectivity index (χ2v) is 7.10. The minimum atomic E-state index is 0.307. The Balaban J connectivity index is 1.72. The number of rotatable bonds is 2. The maximum absolute atomic E-state index is 11.9. The third-order valence-corrected chi connectivity index (χ3v) is 5.71. The Kier molecular flexibility index (Phi) is 3.61. The molecule has 1 fully saturated rings. The Morgan fingerprint density at radius 2 is 2.00 bits per heavy atom. The Morgan fingerprint density at radius 1 is 1.26 bits per heavy atom. The third-order valence-electron chi connectivity index (χ3n) is 4.51. The van der Waals surface area contributed by atoms with Crippen LogP contribution in [0.4, 0.5) is 5.13 Å². The fourth-order valence-electron chi connectivity index (χ4n) is 3.15. The van der Waals surface area contributed by atoms with Gasteiger partial charge in [0.05, 0.1) is 10.6 Å². The van der Waals surface area contributed by atoms with E-state index < -0.39 is 0 Å². The zero-order valence-electron chi connectivity index (χ0n) is 11.8. The van der Waals surface area contributed by atoms with E-state index >= 15 is 0 Å². The molecule has 3 rings (SSSR count). The maximum atomic E-state index is 11.9. The molecule has 2 aliphatic rings. The molecule has 1 saturated heterocycles. The van der Waals surface area contributed by atoms with Crippen LogP contribution in [0, 0.1) is 11.8 Å². The van der Waals surface area contributed by atoms with Gasteiger partial charge in [0.15, 0.2) is 10.9 Å². The van der Waals surface area contributed by atoms with Crippen molar-refractivity contribution in [3.8, 4) is 0 Å². The van der Waals surface area contributed by atoms with Gasteiger partial charge in [0, 0.05) is 19.5 Å². The standard InChI is InChI=1S/C15H22N2OS/c1-10(2)11-6-8-17(9-7-11)15-16-12-4-3-5-13(18)14(12)19-15/h10-11H,3-9H2,1-2H3. The molecule has 19 heavy (non-hydrogen) atoms. The van der Waals surface area contributed by atoms with Gasteiger partial charge in [-0.15, -0.1) is 0 Å². The molecule has 0 spiro atoms. The van der Waals surface area contributed by atoms with Crippen LogP contribution in [0.5, 0.6) is 0 Å². The molecule has 1 aliphatic carbocycles. The molecule has 0 N–H and O–H groups in total. The highest BCUT2D eigenvalue weighted by Gasteiger charge is 2.27. The summed E-state index contributed by atoms with van der Waals surface area (Å²) in [5.41, 5.74) is 1.06. The first kappa shape index (κ1) is 13.1. The highest BCUT2D eigenvalue weighted by Crippen LogP contribution is 2.34. The molecule has 0 atom stereocenters. The molecule has 4 heteroatoms. The Labute approximate surface area is 119 Å². The van der Waals surface area contributed by atoms with Gasteiger partial charge in [-0.25, -0.2) is 4.98 Å². The summed E-state index contributed by atoms with van der Waals surface area (Å²) >= 11 is 1.62. The van der Waals surface area contributed by atoms with Gasteiger partial charge in [-0.2, -0.15) is 0 Å². The number of aryl methyl sites for hydroxylation is 1. The van der Waals surface area contributed by atoms with Crippen LogP contribution in [0.3, 0.4) is 0 Å². The second kappa shape index (κ2) is 5.23. The molecular weight excluding hydrogens is 256 g/mol. The molecule has 0 bridgehead atoms. The highest BCUT2D eigenvalue weighted by atomic mass is 32.1. The van der Waals surface area contributed by atoms with Crippen LogP contribution < -0.4 is 4.90 Å². The quantitative estimate of drug-likeness (QED) is 0.829. The molecule has 104 valence electrons. The van der Waals surface area contributed by atoms with E-state index in [0.717, 1.165) is 53.5 Å². The average Bonchev–Trinajstić information content (AvgIpc) is 2.84. The lowest BCUT2D eigenvalue weighted by Gasteiger charge is -2.33. The van der Waals surface area contributed by atoms with Crippen molar-refractivity contribution >= 4 is 22.3 Å². The molecule has 1 aromatic rings. The average molecular weight is 278 g/mol. The van der Waals surface area contributed by atoms with E-state index in [0.29, 0.717) is 12.2 Å². The lowest BCUT2D eigenvalue weighted by molar-refractivity contribution is 0.0976. The van der Waals surface area contributed by atoms with Crippen LogP contribution in [0.1, 0.15) is 54.9 Å². The molecule has 2 heterocycles. The molecule has 0 radical (unpaired) electrons. The van der Waals surface area contributed by atoms with Crippen LogP contribution >= 0.6 is 11.3 Å². The number of ketones is 1. The minimum Gasteiger partial charge on any atom is -0.348 e. The number of fused-ring (bicyclic) bond motifs is 1. The largest absolute Gasteiger partial charge is 0.348 e. The fraction of sp³-hybridized carbons (Fsp3) is 0.733. The van der Waals surface area contributed by atoms with Crippen LogP contribution in [0.25, 0.3) is 0 Å². The van der Waals surface area contributed by atoms with E-state index in [2.05, 4.69) is 18.7 Å². The number of hydrogen-bond donors (Lipinski definition) is 0. The van der Waals surface area contributed by atoms with E-state index in [4.69, 9.17) is 4.98 Å². The predicted molar refractivity (Wildman–Crippen MR) is 79.2 cm³/mol. The zero-order valence-corrected chi connectivity index (χ0v) is 12.6.